The van der Waals surface area contributed by atoms with Crippen molar-refractivity contribution in [3.05, 3.63) is 33.3 Å². The van der Waals surface area contributed by atoms with Crippen LogP contribution < -0.4 is 0 Å². The van der Waals surface area contributed by atoms with Crippen LogP contribution in [-0.2, 0) is 22.4 Å². The van der Waals surface area contributed by atoms with E-state index in [1.54, 1.807) is 13.0 Å². The van der Waals surface area contributed by atoms with Gasteiger partial charge in [-0.05, 0) is 30.5 Å². The molecule has 0 saturated heterocycles. The Morgan fingerprint density at radius 2 is 2.18 bits per heavy atom. The maximum Gasteiger partial charge on any atom is 0.310 e. The number of nitriles is 1. The Kier molecular flexibility index (Phi) is 5.17. The molecule has 0 aliphatic heterocycles. The van der Waals surface area contributed by atoms with Crippen LogP contribution in [0.5, 0.6) is 0 Å². The number of halogens is 1. The van der Waals surface area contributed by atoms with Crippen molar-refractivity contribution >= 4 is 21.9 Å². The minimum atomic E-state index is -0.307. The Balaban J connectivity index is 3.11. The first kappa shape index (κ1) is 13.7. The van der Waals surface area contributed by atoms with Crippen molar-refractivity contribution in [1.29, 1.82) is 5.26 Å². The van der Waals surface area contributed by atoms with Crippen LogP contribution in [0.15, 0.2) is 16.6 Å². The van der Waals surface area contributed by atoms with Crippen LogP contribution >= 0.6 is 15.9 Å². The van der Waals surface area contributed by atoms with E-state index in [0.29, 0.717) is 17.7 Å². The van der Waals surface area contributed by atoms with Gasteiger partial charge in [0.2, 0.25) is 0 Å². The van der Waals surface area contributed by atoms with Gasteiger partial charge in [-0.1, -0.05) is 28.9 Å². The molecule has 90 valence electrons. The fraction of sp³-hybridized carbons (Fsp3) is 0.385. The third-order valence-corrected chi connectivity index (χ3v) is 3.44. The molecule has 0 aliphatic rings. The normalized spacial score (nSPS) is 9.76. The highest BCUT2D eigenvalue weighted by atomic mass is 79.9. The summed E-state index contributed by atoms with van der Waals surface area (Å²) in [4.78, 5) is 11.5. The smallest absolute Gasteiger partial charge is 0.310 e. The number of hydrogen-bond donors (Lipinski definition) is 0. The topological polar surface area (TPSA) is 50.1 Å². The van der Waals surface area contributed by atoms with E-state index in [1.807, 2.05) is 13.0 Å². The van der Waals surface area contributed by atoms with Crippen LogP contribution in [0.25, 0.3) is 0 Å². The fourth-order valence-electron chi connectivity index (χ4n) is 1.58. The van der Waals surface area contributed by atoms with Gasteiger partial charge in [-0.2, -0.15) is 5.26 Å². The molecule has 1 aromatic carbocycles. The highest BCUT2D eigenvalue weighted by molar-refractivity contribution is 9.10. The lowest BCUT2D eigenvalue weighted by Gasteiger charge is -2.10. The summed E-state index contributed by atoms with van der Waals surface area (Å²) in [6.45, 7) is 4.15. The molecular weight excluding hydrogens is 282 g/mol. The zero-order valence-electron chi connectivity index (χ0n) is 9.92. The number of nitrogens with zero attached hydrogens (tertiary/aromatic N) is 1. The molecule has 0 heterocycles. The molecule has 0 N–H and O–H groups in total. The van der Waals surface area contributed by atoms with Gasteiger partial charge < -0.3 is 4.74 Å². The zero-order valence-corrected chi connectivity index (χ0v) is 11.5. The van der Waals surface area contributed by atoms with Gasteiger partial charge in [0.1, 0.15) is 0 Å². The number of carbonyl (C=O) groups excluding carboxylic acids is 1. The highest BCUT2D eigenvalue weighted by Crippen LogP contribution is 2.26. The quantitative estimate of drug-likeness (QED) is 0.803. The summed E-state index contributed by atoms with van der Waals surface area (Å²) in [5.74, 6) is -0.307. The molecule has 1 aromatic rings. The summed E-state index contributed by atoms with van der Waals surface area (Å²) in [6.07, 6.45) is 0.979. The van der Waals surface area contributed by atoms with Gasteiger partial charge in [0, 0.05) is 4.47 Å². The van der Waals surface area contributed by atoms with Crippen molar-refractivity contribution in [2.24, 2.45) is 0 Å². The molecular formula is C13H14BrNO2. The molecule has 4 heteroatoms. The second-order valence-electron chi connectivity index (χ2n) is 3.51. The number of rotatable bonds is 4. The van der Waals surface area contributed by atoms with Gasteiger partial charge in [-0.25, -0.2) is 0 Å². The lowest BCUT2D eigenvalue weighted by Crippen LogP contribution is -2.10. The molecule has 0 saturated carbocycles. The largest absolute Gasteiger partial charge is 0.466 e. The predicted molar refractivity (Wildman–Crippen MR) is 68.6 cm³/mol. The van der Waals surface area contributed by atoms with E-state index in [2.05, 4.69) is 22.0 Å². The van der Waals surface area contributed by atoms with Crippen molar-refractivity contribution in [3.8, 4) is 6.07 Å². The van der Waals surface area contributed by atoms with Gasteiger partial charge in [-0.15, -0.1) is 0 Å². The molecule has 3 nitrogen and oxygen atoms in total. The number of ether oxygens (including phenoxy) is 1. The summed E-state index contributed by atoms with van der Waals surface area (Å²) < 4.78 is 5.74. The van der Waals surface area contributed by atoms with E-state index in [0.717, 1.165) is 16.5 Å². The summed E-state index contributed by atoms with van der Waals surface area (Å²) in [5.41, 5.74) is 2.32. The van der Waals surface area contributed by atoms with Crippen molar-refractivity contribution in [2.75, 3.05) is 6.61 Å². The highest BCUT2D eigenvalue weighted by Gasteiger charge is 2.14. The zero-order chi connectivity index (χ0) is 12.8. The Morgan fingerprint density at radius 3 is 2.71 bits per heavy atom. The lowest BCUT2D eigenvalue weighted by molar-refractivity contribution is -0.142. The molecule has 0 amide bonds. The monoisotopic (exact) mass is 295 g/mol. The Bertz CT molecular complexity index is 463. The summed E-state index contributed by atoms with van der Waals surface area (Å²) in [7, 11) is 0. The Morgan fingerprint density at radius 1 is 1.47 bits per heavy atom. The Labute approximate surface area is 110 Å². The first-order chi connectivity index (χ1) is 8.13. The maximum atomic E-state index is 11.5. The molecule has 0 spiro atoms. The van der Waals surface area contributed by atoms with Crippen molar-refractivity contribution in [3.63, 3.8) is 0 Å². The van der Waals surface area contributed by atoms with Crippen LogP contribution in [0.4, 0.5) is 0 Å². The molecule has 0 radical (unpaired) electrons. The third-order valence-electron chi connectivity index (χ3n) is 2.45. The first-order valence-corrected chi connectivity index (χ1v) is 6.29. The van der Waals surface area contributed by atoms with Gasteiger partial charge >= 0.3 is 5.97 Å². The van der Waals surface area contributed by atoms with Crippen LogP contribution in [0, 0.1) is 11.3 Å². The van der Waals surface area contributed by atoms with Gasteiger partial charge in [0.05, 0.1) is 24.7 Å². The minimum absolute atomic E-state index is 0.130. The average molecular weight is 296 g/mol. The lowest BCUT2D eigenvalue weighted by atomic mass is 10.0. The van der Waals surface area contributed by atoms with Crippen LogP contribution in [0.3, 0.4) is 0 Å². The molecule has 0 fully saturated rings. The standard InChI is InChI=1S/C13H14BrNO2/c1-3-9-5-6-10(8-15)11(13(9)14)7-12(16)17-4-2/h5-6H,3-4,7H2,1-2H3. The van der Waals surface area contributed by atoms with Gasteiger partial charge in [-0.3, -0.25) is 4.79 Å². The van der Waals surface area contributed by atoms with E-state index in [4.69, 9.17) is 10.00 Å². The van der Waals surface area contributed by atoms with Gasteiger partial charge in [0.15, 0.2) is 0 Å². The summed E-state index contributed by atoms with van der Waals surface area (Å²) >= 11 is 3.45. The second kappa shape index (κ2) is 6.41. The molecule has 17 heavy (non-hydrogen) atoms. The van der Waals surface area contributed by atoms with Gasteiger partial charge in [0.25, 0.3) is 0 Å². The molecule has 0 bridgehead atoms. The average Bonchev–Trinajstić information content (AvgIpc) is 2.32. The number of benzene rings is 1. The maximum absolute atomic E-state index is 11.5. The number of esters is 1. The fourth-order valence-corrected chi connectivity index (χ4v) is 2.34. The molecule has 1 rings (SSSR count). The number of hydrogen-bond acceptors (Lipinski definition) is 3. The van der Waals surface area contributed by atoms with Crippen molar-refractivity contribution in [1.82, 2.24) is 0 Å². The second-order valence-corrected chi connectivity index (χ2v) is 4.30. The number of aryl methyl sites for hydroxylation is 1. The van der Waals surface area contributed by atoms with Crippen LogP contribution in [-0.4, -0.2) is 12.6 Å². The summed E-state index contributed by atoms with van der Waals surface area (Å²) in [5, 5.41) is 9.03. The SMILES string of the molecule is CCOC(=O)Cc1c(C#N)ccc(CC)c1Br. The minimum Gasteiger partial charge on any atom is -0.466 e. The van der Waals surface area contributed by atoms with E-state index in [9.17, 15) is 4.79 Å². The predicted octanol–water partition coefficient (Wildman–Crippen LogP) is 2.99. The van der Waals surface area contributed by atoms with Crippen molar-refractivity contribution in [2.45, 2.75) is 26.7 Å². The van der Waals surface area contributed by atoms with E-state index >= 15 is 0 Å². The molecule has 0 aromatic heterocycles. The first-order valence-electron chi connectivity index (χ1n) is 5.50. The molecule has 0 atom stereocenters. The summed E-state index contributed by atoms with van der Waals surface area (Å²) in [6, 6.07) is 5.75. The van der Waals surface area contributed by atoms with Crippen LogP contribution in [0.2, 0.25) is 0 Å². The third kappa shape index (κ3) is 3.31. The number of carbonyl (C=O) groups is 1. The van der Waals surface area contributed by atoms with Crippen LogP contribution in [0.1, 0.15) is 30.5 Å². The van der Waals surface area contributed by atoms with Crippen molar-refractivity contribution < 1.29 is 9.53 Å². The van der Waals surface area contributed by atoms with E-state index < -0.39 is 0 Å². The van der Waals surface area contributed by atoms with E-state index in [1.165, 1.54) is 0 Å². The van der Waals surface area contributed by atoms with E-state index in [-0.39, 0.29) is 12.4 Å². The molecule has 0 unspecified atom stereocenters. The Hall–Kier alpha value is -1.34. The molecule has 0 aliphatic carbocycles.